The van der Waals surface area contributed by atoms with E-state index in [0.717, 1.165) is 72.8 Å². The van der Waals surface area contributed by atoms with Crippen molar-refractivity contribution in [2.45, 2.75) is 84.2 Å². The van der Waals surface area contributed by atoms with Gasteiger partial charge in [0.15, 0.2) is 5.82 Å². The first-order valence-corrected chi connectivity index (χ1v) is 19.5. The van der Waals surface area contributed by atoms with Crippen molar-refractivity contribution in [1.82, 2.24) is 30.5 Å². The number of likely N-dealkylation sites (N-methyl/N-ethyl adjacent to an activating group) is 1. The lowest BCUT2D eigenvalue weighted by Crippen LogP contribution is -2.33. The second kappa shape index (κ2) is 26.9. The maximum atomic E-state index is 12.3. The molecule has 302 valence electrons. The molecule has 54 heavy (non-hydrogen) atoms. The second-order valence-electron chi connectivity index (χ2n) is 13.1. The Morgan fingerprint density at radius 1 is 0.759 bits per heavy atom. The van der Waals surface area contributed by atoms with Crippen molar-refractivity contribution in [3.8, 4) is 0 Å². The van der Waals surface area contributed by atoms with E-state index < -0.39 is 0 Å². The standard InChI is InChI=1S/C39H63N7O8/c1-4-5-14-34-45-37-38(31-11-6-7-12-33(31)44-39(37)40)46(34)19-9-8-17-42-35(48)15-20-50-22-24-52-26-28-54-29-27-53-25-23-51-21-16-36(49)43-18-10-13-32(41-3)30(2)47/h6-7,11-12,32,41H,4-5,8-10,13-29H2,1-3H3,(H2,40,44)(H,42,48)(H,43,49). The van der Waals surface area contributed by atoms with Gasteiger partial charge in [-0.2, -0.15) is 0 Å². The number of pyridine rings is 1. The number of aromatic nitrogens is 3. The number of para-hydroxylation sites is 1. The lowest BCUT2D eigenvalue weighted by atomic mass is 10.1. The molecule has 0 fully saturated rings. The maximum absolute atomic E-state index is 12.3. The van der Waals surface area contributed by atoms with Crippen molar-refractivity contribution in [2.24, 2.45) is 0 Å². The van der Waals surface area contributed by atoms with Gasteiger partial charge in [0.2, 0.25) is 11.8 Å². The Morgan fingerprint density at radius 2 is 1.31 bits per heavy atom. The third-order valence-corrected chi connectivity index (χ3v) is 8.84. The van der Waals surface area contributed by atoms with Crippen LogP contribution in [0.1, 0.15) is 71.0 Å². The number of nitrogens with zero attached hydrogens (tertiary/aromatic N) is 3. The van der Waals surface area contributed by atoms with Crippen LogP contribution in [0.15, 0.2) is 24.3 Å². The normalized spacial score (nSPS) is 12.1. The summed E-state index contributed by atoms with van der Waals surface area (Å²) in [6.45, 7) is 9.76. The Labute approximate surface area is 319 Å². The van der Waals surface area contributed by atoms with Crippen molar-refractivity contribution in [2.75, 3.05) is 91.9 Å². The number of aryl methyl sites for hydroxylation is 2. The highest BCUT2D eigenvalue weighted by atomic mass is 16.6. The zero-order valence-electron chi connectivity index (χ0n) is 32.6. The third-order valence-electron chi connectivity index (χ3n) is 8.84. The fraction of sp³-hybridized carbons (Fsp3) is 0.667. The Bertz CT molecular complexity index is 1540. The molecule has 2 aromatic heterocycles. The van der Waals surface area contributed by atoms with Crippen LogP contribution >= 0.6 is 0 Å². The van der Waals surface area contributed by atoms with E-state index in [4.69, 9.17) is 34.4 Å². The number of imidazole rings is 1. The summed E-state index contributed by atoms with van der Waals surface area (Å²) < 4.78 is 29.8. The molecule has 0 aliphatic heterocycles. The number of nitrogen functional groups attached to an aromatic ring is 1. The lowest BCUT2D eigenvalue weighted by molar-refractivity contribution is -0.123. The molecule has 3 aromatic rings. The molecule has 15 heteroatoms. The lowest BCUT2D eigenvalue weighted by Gasteiger charge is -2.12. The minimum atomic E-state index is -0.162. The molecule has 0 saturated carbocycles. The molecule has 1 aromatic carbocycles. The number of unbranched alkanes of at least 4 members (excludes halogenated alkanes) is 2. The van der Waals surface area contributed by atoms with E-state index in [9.17, 15) is 14.4 Å². The number of carbonyl (C=O) groups excluding carboxylic acids is 3. The molecule has 5 N–H and O–H groups in total. The van der Waals surface area contributed by atoms with E-state index in [1.807, 2.05) is 18.2 Å². The first kappa shape index (κ1) is 44.7. The Balaban J connectivity index is 1.10. The van der Waals surface area contributed by atoms with Gasteiger partial charge in [-0.05, 0) is 52.1 Å². The van der Waals surface area contributed by atoms with Crippen molar-refractivity contribution in [3.63, 3.8) is 0 Å². The van der Waals surface area contributed by atoms with Crippen LogP contribution in [0.4, 0.5) is 5.82 Å². The number of nitrogens with two attached hydrogens (primary N) is 1. The fourth-order valence-electron chi connectivity index (χ4n) is 5.87. The Hall–Kier alpha value is -3.73. The number of anilines is 1. The van der Waals surface area contributed by atoms with Gasteiger partial charge in [0.1, 0.15) is 17.1 Å². The summed E-state index contributed by atoms with van der Waals surface area (Å²) in [7, 11) is 1.76. The molecule has 0 aliphatic carbocycles. The van der Waals surface area contributed by atoms with E-state index in [-0.39, 0.29) is 30.1 Å². The number of hydrogen-bond donors (Lipinski definition) is 4. The fourth-order valence-corrected chi connectivity index (χ4v) is 5.87. The van der Waals surface area contributed by atoms with Crippen LogP contribution in [-0.2, 0) is 51.0 Å². The highest BCUT2D eigenvalue weighted by molar-refractivity contribution is 6.06. The van der Waals surface area contributed by atoms with E-state index in [2.05, 4.69) is 38.5 Å². The van der Waals surface area contributed by atoms with Crippen LogP contribution in [0.3, 0.4) is 0 Å². The molecule has 0 spiro atoms. The number of hydrogen-bond acceptors (Lipinski definition) is 12. The summed E-state index contributed by atoms with van der Waals surface area (Å²) in [4.78, 5) is 45.0. The minimum Gasteiger partial charge on any atom is -0.382 e. The molecule has 1 atom stereocenters. The monoisotopic (exact) mass is 757 g/mol. The number of carbonyl (C=O) groups is 3. The van der Waals surface area contributed by atoms with Crippen molar-refractivity contribution in [1.29, 1.82) is 0 Å². The first-order valence-electron chi connectivity index (χ1n) is 19.5. The van der Waals surface area contributed by atoms with Crippen LogP contribution < -0.4 is 21.7 Å². The van der Waals surface area contributed by atoms with Crippen LogP contribution in [-0.4, -0.2) is 124 Å². The number of benzene rings is 1. The third kappa shape index (κ3) is 16.7. The average molecular weight is 758 g/mol. The summed E-state index contributed by atoms with van der Waals surface area (Å²) in [5, 5.41) is 9.86. The molecule has 0 bridgehead atoms. The summed E-state index contributed by atoms with van der Waals surface area (Å²) in [6.07, 6.45) is 6.79. The number of ketones is 1. The molecule has 0 aliphatic rings. The van der Waals surface area contributed by atoms with Crippen molar-refractivity contribution < 1.29 is 38.1 Å². The number of fused-ring (bicyclic) bond motifs is 3. The quantitative estimate of drug-likeness (QED) is 0.0681. The highest BCUT2D eigenvalue weighted by Crippen LogP contribution is 2.29. The van der Waals surface area contributed by atoms with Gasteiger partial charge in [-0.15, -0.1) is 0 Å². The van der Waals surface area contributed by atoms with Crippen LogP contribution in [0.2, 0.25) is 0 Å². The van der Waals surface area contributed by atoms with Gasteiger partial charge in [0.05, 0.1) is 83.1 Å². The summed E-state index contributed by atoms with van der Waals surface area (Å²) >= 11 is 0. The average Bonchev–Trinajstić information content (AvgIpc) is 3.53. The molecule has 2 heterocycles. The molecule has 0 radical (unpaired) electrons. The van der Waals surface area contributed by atoms with Gasteiger partial charge in [-0.25, -0.2) is 9.97 Å². The minimum absolute atomic E-state index is 0.0277. The van der Waals surface area contributed by atoms with Gasteiger partial charge >= 0.3 is 0 Å². The second-order valence-corrected chi connectivity index (χ2v) is 13.1. The SMILES string of the molecule is CCCCc1nc2c(N)nc3ccccc3c2n1CCCCNC(=O)CCOCCOCCOCCOCCOCCC(=O)NCCCC(NC)C(C)=O. The zero-order chi connectivity index (χ0) is 38.8. The van der Waals surface area contributed by atoms with E-state index in [1.54, 1.807) is 14.0 Å². The summed E-state index contributed by atoms with van der Waals surface area (Å²) in [6, 6.07) is 7.88. The van der Waals surface area contributed by atoms with Gasteiger partial charge in [0, 0.05) is 44.3 Å². The topological polar surface area (TPSA) is 190 Å². The number of amides is 2. The Morgan fingerprint density at radius 3 is 1.87 bits per heavy atom. The van der Waals surface area contributed by atoms with Crippen molar-refractivity contribution in [3.05, 3.63) is 30.1 Å². The van der Waals surface area contributed by atoms with Gasteiger partial charge < -0.3 is 49.9 Å². The zero-order valence-corrected chi connectivity index (χ0v) is 32.6. The number of ether oxygens (including phenoxy) is 5. The van der Waals surface area contributed by atoms with Gasteiger partial charge in [0.25, 0.3) is 0 Å². The molecule has 3 rings (SSSR count). The maximum Gasteiger partial charge on any atom is 0.222 e. The summed E-state index contributed by atoms with van der Waals surface area (Å²) in [5.41, 5.74) is 8.99. The number of rotatable bonds is 32. The van der Waals surface area contributed by atoms with Crippen LogP contribution in [0, 0.1) is 0 Å². The van der Waals surface area contributed by atoms with E-state index >= 15 is 0 Å². The van der Waals surface area contributed by atoms with Gasteiger partial charge in [-0.1, -0.05) is 31.5 Å². The molecular formula is C39H63N7O8. The largest absolute Gasteiger partial charge is 0.382 e. The predicted molar refractivity (Wildman–Crippen MR) is 209 cm³/mol. The van der Waals surface area contributed by atoms with Crippen molar-refractivity contribution >= 4 is 45.4 Å². The number of nitrogens with one attached hydrogen (secondary N) is 3. The highest BCUT2D eigenvalue weighted by Gasteiger charge is 2.17. The molecule has 0 saturated heterocycles. The summed E-state index contributed by atoms with van der Waals surface area (Å²) in [5.74, 6) is 1.50. The first-order chi connectivity index (χ1) is 26.3. The van der Waals surface area contributed by atoms with E-state index in [0.29, 0.717) is 97.8 Å². The molecule has 2 amide bonds. The van der Waals surface area contributed by atoms with Gasteiger partial charge in [-0.3, -0.25) is 14.4 Å². The molecule has 1 unspecified atom stereocenters. The van der Waals surface area contributed by atoms with E-state index in [1.165, 1.54) is 0 Å². The van der Waals surface area contributed by atoms with Crippen LogP contribution in [0.25, 0.3) is 21.9 Å². The smallest absolute Gasteiger partial charge is 0.222 e. The number of Topliss-reactive ketones (excluding diaryl/α,β-unsaturated/α-hetero) is 1. The predicted octanol–water partition coefficient (Wildman–Crippen LogP) is 3.34. The van der Waals surface area contributed by atoms with Crippen LogP contribution in [0.5, 0.6) is 0 Å². The Kier molecular flexibility index (Phi) is 22.3. The molecule has 15 nitrogen and oxygen atoms in total. The molecular weight excluding hydrogens is 694 g/mol.